The highest BCUT2D eigenvalue weighted by Crippen LogP contribution is 2.37. The average molecular weight is 197 g/mol. The molecule has 1 amide bonds. The molecule has 0 aromatic heterocycles. The molecule has 0 aromatic carbocycles. The third-order valence-electron chi connectivity index (χ3n) is 3.52. The van der Waals surface area contributed by atoms with Crippen molar-refractivity contribution < 1.29 is 9.90 Å². The van der Waals surface area contributed by atoms with Gasteiger partial charge in [-0.05, 0) is 37.5 Å². The Labute approximate surface area is 84.9 Å². The summed E-state index contributed by atoms with van der Waals surface area (Å²) >= 11 is 0. The van der Waals surface area contributed by atoms with E-state index < -0.39 is 0 Å². The van der Waals surface area contributed by atoms with Gasteiger partial charge < -0.3 is 10.4 Å². The molecule has 14 heavy (non-hydrogen) atoms. The van der Waals surface area contributed by atoms with Crippen LogP contribution in [0.5, 0.6) is 0 Å². The first-order valence-corrected chi connectivity index (χ1v) is 5.62. The zero-order valence-electron chi connectivity index (χ0n) is 8.70. The Morgan fingerprint density at radius 1 is 1.43 bits per heavy atom. The largest absolute Gasteiger partial charge is 0.393 e. The lowest BCUT2D eigenvalue weighted by Gasteiger charge is -2.10. The highest BCUT2D eigenvalue weighted by Gasteiger charge is 2.39. The van der Waals surface area contributed by atoms with Crippen LogP contribution in [0.4, 0.5) is 0 Å². The molecule has 0 heterocycles. The number of rotatable bonds is 3. The van der Waals surface area contributed by atoms with E-state index >= 15 is 0 Å². The number of aliphatic hydroxyl groups excluding tert-OH is 1. The maximum absolute atomic E-state index is 11.5. The lowest BCUT2D eigenvalue weighted by molar-refractivity contribution is -0.122. The van der Waals surface area contributed by atoms with Crippen molar-refractivity contribution in [2.75, 3.05) is 6.54 Å². The number of amides is 1. The zero-order valence-corrected chi connectivity index (χ0v) is 8.70. The van der Waals surface area contributed by atoms with Crippen molar-refractivity contribution in [3.05, 3.63) is 0 Å². The molecule has 2 rings (SSSR count). The number of aliphatic hydroxyl groups is 1. The molecule has 4 unspecified atom stereocenters. The van der Waals surface area contributed by atoms with E-state index in [4.69, 9.17) is 0 Å². The molecule has 0 radical (unpaired) electrons. The maximum atomic E-state index is 11.5. The van der Waals surface area contributed by atoms with Gasteiger partial charge in [0.2, 0.25) is 5.91 Å². The molecule has 0 aromatic rings. The smallest absolute Gasteiger partial charge is 0.223 e. The quantitative estimate of drug-likeness (QED) is 0.707. The SMILES string of the molecule is CC1CC1C(=O)NCC1CCC(O)C1. The van der Waals surface area contributed by atoms with E-state index in [0.29, 0.717) is 11.8 Å². The number of carbonyl (C=O) groups is 1. The highest BCUT2D eigenvalue weighted by molar-refractivity contribution is 5.81. The van der Waals surface area contributed by atoms with Crippen LogP contribution in [0, 0.1) is 17.8 Å². The van der Waals surface area contributed by atoms with Crippen molar-refractivity contribution in [1.82, 2.24) is 5.32 Å². The lowest BCUT2D eigenvalue weighted by Crippen LogP contribution is -2.30. The van der Waals surface area contributed by atoms with Gasteiger partial charge in [-0.1, -0.05) is 6.92 Å². The summed E-state index contributed by atoms with van der Waals surface area (Å²) in [6.07, 6.45) is 3.75. The molecule has 0 aliphatic heterocycles. The Kier molecular flexibility index (Phi) is 2.77. The van der Waals surface area contributed by atoms with Crippen molar-refractivity contribution in [1.29, 1.82) is 0 Å². The maximum Gasteiger partial charge on any atom is 0.223 e. The molecular weight excluding hydrogens is 178 g/mol. The van der Waals surface area contributed by atoms with Gasteiger partial charge in [-0.25, -0.2) is 0 Å². The molecule has 3 nitrogen and oxygen atoms in total. The minimum atomic E-state index is -0.128. The molecule has 4 atom stereocenters. The summed E-state index contributed by atoms with van der Waals surface area (Å²) in [5.41, 5.74) is 0. The molecule has 0 saturated heterocycles. The van der Waals surface area contributed by atoms with Crippen LogP contribution in [0.1, 0.15) is 32.6 Å². The second-order valence-electron chi connectivity index (χ2n) is 4.90. The lowest BCUT2D eigenvalue weighted by atomic mass is 10.1. The average Bonchev–Trinajstić information content (AvgIpc) is 2.72. The third kappa shape index (κ3) is 2.27. The standard InChI is InChI=1S/C11H19NO2/c1-7-4-10(7)11(14)12-6-8-2-3-9(13)5-8/h7-10,13H,2-6H2,1H3,(H,12,14). The minimum Gasteiger partial charge on any atom is -0.393 e. The van der Waals surface area contributed by atoms with Gasteiger partial charge in [-0.3, -0.25) is 4.79 Å². The first-order valence-electron chi connectivity index (χ1n) is 5.62. The molecular formula is C11H19NO2. The number of carbonyl (C=O) groups excluding carboxylic acids is 1. The molecule has 2 N–H and O–H groups in total. The van der Waals surface area contributed by atoms with Gasteiger partial charge in [0.05, 0.1) is 6.10 Å². The molecule has 3 heteroatoms. The Morgan fingerprint density at radius 3 is 2.64 bits per heavy atom. The van der Waals surface area contributed by atoms with Gasteiger partial charge in [0.15, 0.2) is 0 Å². The summed E-state index contributed by atoms with van der Waals surface area (Å²) in [5, 5.41) is 12.3. The normalized spacial score (nSPS) is 41.0. The molecule has 0 bridgehead atoms. The monoisotopic (exact) mass is 197 g/mol. The predicted molar refractivity (Wildman–Crippen MR) is 53.6 cm³/mol. The summed E-state index contributed by atoms with van der Waals surface area (Å²) in [4.78, 5) is 11.5. The number of hydrogen-bond donors (Lipinski definition) is 2. The first-order chi connectivity index (χ1) is 6.66. The van der Waals surface area contributed by atoms with Crippen molar-refractivity contribution in [3.8, 4) is 0 Å². The minimum absolute atomic E-state index is 0.128. The molecule has 2 fully saturated rings. The second kappa shape index (κ2) is 3.89. The van der Waals surface area contributed by atoms with E-state index in [1.807, 2.05) is 0 Å². The second-order valence-corrected chi connectivity index (χ2v) is 4.90. The van der Waals surface area contributed by atoms with Crippen LogP contribution < -0.4 is 5.32 Å². The van der Waals surface area contributed by atoms with Crippen LogP contribution in [-0.4, -0.2) is 23.7 Å². The summed E-state index contributed by atoms with van der Waals surface area (Å²) in [5.74, 6) is 1.59. The van der Waals surface area contributed by atoms with Crippen LogP contribution in [0.25, 0.3) is 0 Å². The van der Waals surface area contributed by atoms with Gasteiger partial charge in [0.1, 0.15) is 0 Å². The van der Waals surface area contributed by atoms with Crippen molar-refractivity contribution in [3.63, 3.8) is 0 Å². The van der Waals surface area contributed by atoms with Crippen LogP contribution in [-0.2, 0) is 4.79 Å². The summed E-state index contributed by atoms with van der Waals surface area (Å²) in [6, 6.07) is 0. The summed E-state index contributed by atoms with van der Waals surface area (Å²) in [6.45, 7) is 2.88. The van der Waals surface area contributed by atoms with E-state index in [1.165, 1.54) is 0 Å². The fraction of sp³-hybridized carbons (Fsp3) is 0.909. The topological polar surface area (TPSA) is 49.3 Å². The van der Waals surface area contributed by atoms with Crippen LogP contribution in [0.3, 0.4) is 0 Å². The predicted octanol–water partition coefficient (Wildman–Crippen LogP) is 0.920. The molecule has 2 aliphatic carbocycles. The Balaban J connectivity index is 1.65. The fourth-order valence-electron chi connectivity index (χ4n) is 2.30. The fourth-order valence-corrected chi connectivity index (χ4v) is 2.30. The van der Waals surface area contributed by atoms with E-state index in [9.17, 15) is 9.90 Å². The van der Waals surface area contributed by atoms with Gasteiger partial charge in [-0.2, -0.15) is 0 Å². The van der Waals surface area contributed by atoms with Crippen LogP contribution in [0.2, 0.25) is 0 Å². The Hall–Kier alpha value is -0.570. The third-order valence-corrected chi connectivity index (χ3v) is 3.52. The Morgan fingerprint density at radius 2 is 2.14 bits per heavy atom. The Bertz CT molecular complexity index is 229. The molecule has 2 aliphatic rings. The van der Waals surface area contributed by atoms with Crippen LogP contribution in [0.15, 0.2) is 0 Å². The molecule has 2 saturated carbocycles. The van der Waals surface area contributed by atoms with Crippen molar-refractivity contribution in [2.45, 2.75) is 38.7 Å². The number of hydrogen-bond acceptors (Lipinski definition) is 2. The van der Waals surface area contributed by atoms with E-state index in [1.54, 1.807) is 0 Å². The van der Waals surface area contributed by atoms with E-state index in [0.717, 1.165) is 32.2 Å². The first kappa shape index (κ1) is 9.97. The van der Waals surface area contributed by atoms with Gasteiger partial charge in [-0.15, -0.1) is 0 Å². The van der Waals surface area contributed by atoms with E-state index in [-0.39, 0.29) is 17.9 Å². The summed E-state index contributed by atoms with van der Waals surface area (Å²) in [7, 11) is 0. The van der Waals surface area contributed by atoms with Gasteiger partial charge in [0.25, 0.3) is 0 Å². The highest BCUT2D eigenvalue weighted by atomic mass is 16.3. The summed E-state index contributed by atoms with van der Waals surface area (Å²) < 4.78 is 0. The van der Waals surface area contributed by atoms with Crippen LogP contribution >= 0.6 is 0 Å². The molecule has 0 spiro atoms. The van der Waals surface area contributed by atoms with Gasteiger partial charge in [0, 0.05) is 12.5 Å². The van der Waals surface area contributed by atoms with Crippen molar-refractivity contribution in [2.24, 2.45) is 17.8 Å². The van der Waals surface area contributed by atoms with Crippen molar-refractivity contribution >= 4 is 5.91 Å². The molecule has 80 valence electrons. The zero-order chi connectivity index (χ0) is 10.1. The van der Waals surface area contributed by atoms with E-state index in [2.05, 4.69) is 12.2 Å². The van der Waals surface area contributed by atoms with Gasteiger partial charge >= 0.3 is 0 Å². The number of nitrogens with one attached hydrogen (secondary N) is 1.